The summed E-state index contributed by atoms with van der Waals surface area (Å²) in [7, 11) is -3.53. The summed E-state index contributed by atoms with van der Waals surface area (Å²) in [5, 5.41) is 2.55. The summed E-state index contributed by atoms with van der Waals surface area (Å²) in [5.41, 5.74) is 0.261. The van der Waals surface area contributed by atoms with Gasteiger partial charge in [-0.1, -0.05) is 13.0 Å². The van der Waals surface area contributed by atoms with Crippen LogP contribution in [0.1, 0.15) is 13.3 Å². The lowest BCUT2D eigenvalue weighted by Gasteiger charge is -2.20. The Morgan fingerprint density at radius 1 is 1.41 bits per heavy atom. The zero-order valence-electron chi connectivity index (χ0n) is 9.39. The van der Waals surface area contributed by atoms with Crippen molar-refractivity contribution in [2.45, 2.75) is 18.2 Å². The van der Waals surface area contributed by atoms with E-state index < -0.39 is 21.5 Å². The minimum absolute atomic E-state index is 0.130. The molecule has 0 saturated heterocycles. The first-order valence-electron chi connectivity index (χ1n) is 5.33. The highest BCUT2D eigenvalue weighted by atomic mass is 32.2. The fourth-order valence-corrected chi connectivity index (χ4v) is 2.97. The third-order valence-corrected chi connectivity index (χ3v) is 4.02. The number of ether oxygens (including phenoxy) is 1. The van der Waals surface area contributed by atoms with Crippen LogP contribution in [0.25, 0.3) is 0 Å². The molecule has 1 aromatic rings. The van der Waals surface area contributed by atoms with Gasteiger partial charge in [-0.2, -0.15) is 0 Å². The van der Waals surface area contributed by atoms with Gasteiger partial charge in [0.1, 0.15) is 17.2 Å². The Balaban J connectivity index is 2.50. The molecule has 92 valence electrons. The average molecular weight is 255 g/mol. The van der Waals surface area contributed by atoms with Crippen LogP contribution in [0.4, 0.5) is 5.69 Å². The van der Waals surface area contributed by atoms with Crippen molar-refractivity contribution in [1.29, 1.82) is 0 Å². The van der Waals surface area contributed by atoms with Crippen molar-refractivity contribution in [3.8, 4) is 5.75 Å². The molecule has 1 aliphatic rings. The molecule has 0 aliphatic carbocycles. The normalized spacial score (nSPS) is 17.1. The van der Waals surface area contributed by atoms with E-state index in [0.29, 0.717) is 12.4 Å². The van der Waals surface area contributed by atoms with Gasteiger partial charge in [0.2, 0.25) is 5.91 Å². The van der Waals surface area contributed by atoms with E-state index in [1.807, 2.05) is 6.92 Å². The maximum absolute atomic E-state index is 11.8. The Morgan fingerprint density at radius 2 is 2.18 bits per heavy atom. The molecule has 1 aliphatic heterocycles. The van der Waals surface area contributed by atoms with Gasteiger partial charge in [0.15, 0.2) is 9.84 Å². The van der Waals surface area contributed by atoms with Crippen molar-refractivity contribution in [1.82, 2.24) is 0 Å². The zero-order valence-corrected chi connectivity index (χ0v) is 10.2. The van der Waals surface area contributed by atoms with Crippen LogP contribution in [0.5, 0.6) is 5.75 Å². The number of carbonyl (C=O) groups excluding carboxylic acids is 1. The van der Waals surface area contributed by atoms with Crippen LogP contribution in [-0.4, -0.2) is 26.7 Å². The van der Waals surface area contributed by atoms with E-state index in [1.54, 1.807) is 12.1 Å². The minimum Gasteiger partial charge on any atom is -0.491 e. The standard InChI is InChI=1S/C11H13NO4S/c1-2-6-16-8-4-3-5-9-11(8)12-10(13)7-17(9,14)15/h3-5H,2,6-7H2,1H3,(H,12,13). The number of nitrogens with one attached hydrogen (secondary N) is 1. The van der Waals surface area contributed by atoms with Crippen LogP contribution >= 0.6 is 0 Å². The molecule has 0 aromatic heterocycles. The van der Waals surface area contributed by atoms with Gasteiger partial charge in [-0.05, 0) is 18.6 Å². The molecule has 6 heteroatoms. The number of fused-ring (bicyclic) bond motifs is 1. The minimum atomic E-state index is -3.53. The fourth-order valence-electron chi connectivity index (χ4n) is 1.65. The number of benzene rings is 1. The molecule has 0 spiro atoms. The number of rotatable bonds is 3. The van der Waals surface area contributed by atoms with Gasteiger partial charge in [0.05, 0.1) is 11.5 Å². The highest BCUT2D eigenvalue weighted by Crippen LogP contribution is 2.35. The quantitative estimate of drug-likeness (QED) is 0.881. The van der Waals surface area contributed by atoms with Crippen molar-refractivity contribution in [3.05, 3.63) is 18.2 Å². The topological polar surface area (TPSA) is 72.5 Å². The maximum Gasteiger partial charge on any atom is 0.240 e. The molecule has 0 fully saturated rings. The van der Waals surface area contributed by atoms with Gasteiger partial charge in [0, 0.05) is 0 Å². The molecule has 1 amide bonds. The molecular formula is C11H13NO4S. The fraction of sp³-hybridized carbons (Fsp3) is 0.364. The molecular weight excluding hydrogens is 242 g/mol. The third kappa shape index (κ3) is 2.26. The summed E-state index contributed by atoms with van der Waals surface area (Å²) in [6.07, 6.45) is 0.810. The first-order valence-corrected chi connectivity index (χ1v) is 6.98. The Hall–Kier alpha value is -1.56. The summed E-state index contributed by atoms with van der Waals surface area (Å²) < 4.78 is 29.0. The molecule has 0 saturated carbocycles. The van der Waals surface area contributed by atoms with Crippen molar-refractivity contribution in [3.63, 3.8) is 0 Å². The van der Waals surface area contributed by atoms with E-state index in [4.69, 9.17) is 4.74 Å². The Labute approximate surface area is 99.7 Å². The van der Waals surface area contributed by atoms with Crippen molar-refractivity contribution < 1.29 is 17.9 Å². The molecule has 1 N–H and O–H groups in total. The lowest BCUT2D eigenvalue weighted by Crippen LogP contribution is -2.29. The van der Waals surface area contributed by atoms with E-state index in [-0.39, 0.29) is 10.6 Å². The number of para-hydroxylation sites is 1. The van der Waals surface area contributed by atoms with E-state index in [0.717, 1.165) is 6.42 Å². The molecule has 0 atom stereocenters. The van der Waals surface area contributed by atoms with E-state index >= 15 is 0 Å². The van der Waals surface area contributed by atoms with Gasteiger partial charge in [0.25, 0.3) is 0 Å². The molecule has 0 unspecified atom stereocenters. The van der Waals surface area contributed by atoms with Crippen LogP contribution in [0.2, 0.25) is 0 Å². The first-order chi connectivity index (χ1) is 8.04. The van der Waals surface area contributed by atoms with Crippen molar-refractivity contribution in [2.75, 3.05) is 17.7 Å². The Morgan fingerprint density at radius 3 is 2.88 bits per heavy atom. The predicted molar refractivity (Wildman–Crippen MR) is 62.9 cm³/mol. The summed E-state index contributed by atoms with van der Waals surface area (Å²) in [6, 6.07) is 4.73. The smallest absolute Gasteiger partial charge is 0.240 e. The average Bonchev–Trinajstić information content (AvgIpc) is 2.25. The Bertz CT molecular complexity index is 551. The maximum atomic E-state index is 11.8. The number of carbonyl (C=O) groups is 1. The molecule has 1 heterocycles. The number of hydrogen-bond acceptors (Lipinski definition) is 4. The summed E-state index contributed by atoms with van der Waals surface area (Å²) in [5.74, 6) is -0.622. The lowest BCUT2D eigenvalue weighted by molar-refractivity contribution is -0.114. The molecule has 1 aromatic carbocycles. The summed E-state index contributed by atoms with van der Waals surface area (Å²) in [4.78, 5) is 11.5. The van der Waals surface area contributed by atoms with Crippen LogP contribution < -0.4 is 10.1 Å². The molecule has 0 radical (unpaired) electrons. The van der Waals surface area contributed by atoms with E-state index in [1.165, 1.54) is 6.07 Å². The molecule has 0 bridgehead atoms. The number of sulfone groups is 1. The Kier molecular flexibility index (Phi) is 3.06. The van der Waals surface area contributed by atoms with Crippen LogP contribution in [0.15, 0.2) is 23.1 Å². The molecule has 2 rings (SSSR count). The highest BCUT2D eigenvalue weighted by molar-refractivity contribution is 7.92. The van der Waals surface area contributed by atoms with Crippen molar-refractivity contribution in [2.24, 2.45) is 0 Å². The van der Waals surface area contributed by atoms with Crippen LogP contribution in [0, 0.1) is 0 Å². The second kappa shape index (κ2) is 4.37. The number of amides is 1. The zero-order chi connectivity index (χ0) is 12.5. The van der Waals surface area contributed by atoms with Gasteiger partial charge in [-0.25, -0.2) is 8.42 Å². The van der Waals surface area contributed by atoms with Gasteiger partial charge in [-0.15, -0.1) is 0 Å². The lowest BCUT2D eigenvalue weighted by atomic mass is 10.3. The van der Waals surface area contributed by atoms with Gasteiger partial charge < -0.3 is 10.1 Å². The highest BCUT2D eigenvalue weighted by Gasteiger charge is 2.30. The molecule has 5 nitrogen and oxygen atoms in total. The second-order valence-corrected chi connectivity index (χ2v) is 5.74. The SMILES string of the molecule is CCCOc1cccc2c1NC(=O)CS2(=O)=O. The monoisotopic (exact) mass is 255 g/mol. The van der Waals surface area contributed by atoms with Crippen LogP contribution in [0.3, 0.4) is 0 Å². The van der Waals surface area contributed by atoms with E-state index in [2.05, 4.69) is 5.32 Å². The summed E-state index contributed by atoms with van der Waals surface area (Å²) >= 11 is 0. The number of hydrogen-bond donors (Lipinski definition) is 1. The number of anilines is 1. The third-order valence-electron chi connectivity index (χ3n) is 2.37. The van der Waals surface area contributed by atoms with Crippen molar-refractivity contribution >= 4 is 21.4 Å². The van der Waals surface area contributed by atoms with E-state index in [9.17, 15) is 13.2 Å². The van der Waals surface area contributed by atoms with Gasteiger partial charge >= 0.3 is 0 Å². The van der Waals surface area contributed by atoms with Gasteiger partial charge in [-0.3, -0.25) is 4.79 Å². The summed E-state index contributed by atoms with van der Waals surface area (Å²) in [6.45, 7) is 2.43. The second-order valence-electron chi connectivity index (χ2n) is 3.79. The first kappa shape index (κ1) is 11.9. The largest absolute Gasteiger partial charge is 0.491 e. The van der Waals surface area contributed by atoms with Crippen LogP contribution in [-0.2, 0) is 14.6 Å². The molecule has 17 heavy (non-hydrogen) atoms. The predicted octanol–water partition coefficient (Wildman–Crippen LogP) is 1.20.